The first-order valence-electron chi connectivity index (χ1n) is 8.86. The molecule has 0 bridgehead atoms. The second kappa shape index (κ2) is 11.0. The first-order valence-corrected chi connectivity index (χ1v) is 10.4. The molecule has 1 aliphatic carbocycles. The summed E-state index contributed by atoms with van der Waals surface area (Å²) in [5.74, 6) is -1.96. The third-order valence-corrected chi connectivity index (χ3v) is 4.64. The minimum atomic E-state index is -4.64. The molecule has 13 N–H and O–H groups in total. The van der Waals surface area contributed by atoms with Gasteiger partial charge in [-0.3, -0.25) is 4.99 Å². The Hall–Kier alpha value is -1.27. The fraction of sp³-hybridized carbons (Fsp3) is 0.857. The molecule has 31 heavy (non-hydrogen) atoms. The number of aliphatic hydroxyl groups is 5. The first kappa shape index (κ1) is 27.8. The molecule has 0 aromatic carbocycles. The van der Waals surface area contributed by atoms with Crippen LogP contribution in [-0.2, 0) is 18.8 Å². The van der Waals surface area contributed by atoms with E-state index >= 15 is 0 Å². The summed E-state index contributed by atoms with van der Waals surface area (Å²) in [6.07, 6.45) is -11.7. The van der Waals surface area contributed by atoms with Crippen LogP contribution in [0.15, 0.2) is 4.99 Å². The molecule has 0 radical (unpaired) electrons. The van der Waals surface area contributed by atoms with Gasteiger partial charge in [-0.2, -0.15) is 0 Å². The van der Waals surface area contributed by atoms with Gasteiger partial charge in [-0.1, -0.05) is 0 Å². The number of rotatable bonds is 3. The van der Waals surface area contributed by atoms with Crippen molar-refractivity contribution in [3.05, 3.63) is 0 Å². The summed E-state index contributed by atoms with van der Waals surface area (Å²) in [7, 11) is -4.64. The Bertz CT molecular complexity index is 666. The number of nitrogens with zero attached hydrogens (tertiary/aromatic N) is 1. The minimum Gasteiger partial charge on any atom is -0.475 e. The normalized spacial score (nSPS) is 41.8. The van der Waals surface area contributed by atoms with Gasteiger partial charge in [0.2, 0.25) is 5.84 Å². The summed E-state index contributed by atoms with van der Waals surface area (Å²) in [6.45, 7) is 1.59. The van der Waals surface area contributed by atoms with Crippen LogP contribution < -0.4 is 11.5 Å². The Morgan fingerprint density at radius 1 is 1.03 bits per heavy atom. The maximum Gasteiger partial charge on any atom is 0.466 e. The number of nitrogens with two attached hydrogens (primary N) is 2. The van der Waals surface area contributed by atoms with Crippen molar-refractivity contribution >= 4 is 19.6 Å². The van der Waals surface area contributed by atoms with Crippen LogP contribution in [0, 0.1) is 0 Å². The third kappa shape index (κ3) is 7.98. The van der Waals surface area contributed by atoms with Gasteiger partial charge in [-0.25, -0.2) is 9.36 Å². The van der Waals surface area contributed by atoms with E-state index in [1.54, 1.807) is 6.92 Å². The Morgan fingerprint density at radius 3 is 1.87 bits per heavy atom. The Morgan fingerprint density at radius 2 is 1.45 bits per heavy atom. The molecule has 1 heterocycles. The molecule has 16 nitrogen and oxygen atoms in total. The van der Waals surface area contributed by atoms with Crippen LogP contribution in [0.2, 0.25) is 0 Å². The zero-order valence-corrected chi connectivity index (χ0v) is 17.1. The van der Waals surface area contributed by atoms with Crippen LogP contribution in [0.4, 0.5) is 0 Å². The lowest BCUT2D eigenvalue weighted by Crippen LogP contribution is -2.66. The van der Waals surface area contributed by atoms with E-state index in [4.69, 9.17) is 45.3 Å². The predicted octanol–water partition coefficient (Wildman–Crippen LogP) is -5.47. The molecule has 1 saturated carbocycles. The molecule has 10 atom stereocenters. The van der Waals surface area contributed by atoms with E-state index in [2.05, 4.69) is 4.99 Å². The van der Waals surface area contributed by atoms with E-state index in [1.165, 1.54) is 0 Å². The molecule has 1 saturated heterocycles. The Labute approximate surface area is 175 Å². The zero-order chi connectivity index (χ0) is 24.3. The summed E-state index contributed by atoms with van der Waals surface area (Å²) >= 11 is 0. The van der Waals surface area contributed by atoms with Crippen molar-refractivity contribution in [2.75, 3.05) is 0 Å². The van der Waals surface area contributed by atoms with E-state index in [0.717, 1.165) is 0 Å². The lowest BCUT2D eigenvalue weighted by molar-refractivity contribution is -0.293. The Kier molecular flexibility index (Phi) is 9.89. The Balaban J connectivity index is 0.000000861. The van der Waals surface area contributed by atoms with Gasteiger partial charge in [-0.15, -0.1) is 0 Å². The molecule has 0 spiro atoms. The number of ether oxygens (including phenoxy) is 2. The second-order valence-electron chi connectivity index (χ2n) is 7.06. The van der Waals surface area contributed by atoms with Gasteiger partial charge in [0.25, 0.3) is 0 Å². The molecule has 2 unspecified atom stereocenters. The van der Waals surface area contributed by atoms with Crippen LogP contribution >= 0.6 is 7.82 Å². The molecule has 2 fully saturated rings. The molecule has 0 aromatic heterocycles. The number of amidine groups is 1. The summed E-state index contributed by atoms with van der Waals surface area (Å²) in [5, 5.41) is 57.8. The predicted molar refractivity (Wildman–Crippen MR) is 99.1 cm³/mol. The van der Waals surface area contributed by atoms with Gasteiger partial charge < -0.3 is 66.3 Å². The first-order chi connectivity index (χ1) is 14.0. The van der Waals surface area contributed by atoms with Crippen molar-refractivity contribution in [3.63, 3.8) is 0 Å². The average Bonchev–Trinajstić information content (AvgIpc) is 2.64. The van der Waals surface area contributed by atoms with Crippen LogP contribution in [0.1, 0.15) is 13.3 Å². The molecule has 0 amide bonds. The number of aliphatic imine (C=N–C) groups is 1. The molecule has 1 aliphatic heterocycles. The van der Waals surface area contributed by atoms with Crippen LogP contribution in [0.3, 0.4) is 0 Å². The highest BCUT2D eigenvalue weighted by Crippen LogP contribution is 2.29. The minimum absolute atomic E-state index is 0.145. The number of aliphatic carboxylic acids is 1. The molecular formula is C14H28N3O13P. The number of carbonyl (C=O) groups is 1. The van der Waals surface area contributed by atoms with E-state index in [-0.39, 0.29) is 6.42 Å². The van der Waals surface area contributed by atoms with Gasteiger partial charge in [0.1, 0.15) is 36.6 Å². The monoisotopic (exact) mass is 477 g/mol. The SMILES string of the molecule is C[C@H]1O[C@H](OC2[C@@H](O)[C@@H](O)C(O)[C@H](O)[C@H]2O)[C@@H](N)C[C@@H]1N=C(N)C(=O)O.O=P(O)(O)O. The third-order valence-electron chi connectivity index (χ3n) is 4.64. The van der Waals surface area contributed by atoms with Crippen molar-refractivity contribution in [3.8, 4) is 0 Å². The second-order valence-corrected chi connectivity index (χ2v) is 8.09. The highest BCUT2D eigenvalue weighted by atomic mass is 31.2. The fourth-order valence-electron chi connectivity index (χ4n) is 3.02. The molecule has 0 aromatic rings. The van der Waals surface area contributed by atoms with Crippen molar-refractivity contribution in [1.82, 2.24) is 0 Å². The number of carboxylic acids is 1. The van der Waals surface area contributed by atoms with Gasteiger partial charge in [0, 0.05) is 0 Å². The average molecular weight is 477 g/mol. The van der Waals surface area contributed by atoms with Crippen LogP contribution in [0.5, 0.6) is 0 Å². The number of carboxylic acid groups (broad SMARTS) is 1. The molecule has 2 aliphatic rings. The van der Waals surface area contributed by atoms with Gasteiger partial charge in [0.15, 0.2) is 6.29 Å². The van der Waals surface area contributed by atoms with E-state index in [0.29, 0.717) is 0 Å². The molecule has 17 heteroatoms. The number of phosphoric acid groups is 1. The quantitative estimate of drug-likeness (QED) is 0.103. The van der Waals surface area contributed by atoms with E-state index in [9.17, 15) is 30.3 Å². The highest BCUT2D eigenvalue weighted by molar-refractivity contribution is 7.45. The van der Waals surface area contributed by atoms with Gasteiger partial charge >= 0.3 is 13.8 Å². The lowest BCUT2D eigenvalue weighted by atomic mass is 9.84. The van der Waals surface area contributed by atoms with Crippen molar-refractivity contribution in [2.24, 2.45) is 16.5 Å². The molecular weight excluding hydrogens is 449 g/mol. The number of hydrogen-bond donors (Lipinski definition) is 11. The topological polar surface area (TPSA) is 299 Å². The fourth-order valence-corrected chi connectivity index (χ4v) is 3.02. The molecule has 182 valence electrons. The number of aliphatic hydroxyl groups excluding tert-OH is 5. The van der Waals surface area contributed by atoms with Gasteiger partial charge in [-0.05, 0) is 13.3 Å². The van der Waals surface area contributed by atoms with Crippen molar-refractivity contribution in [1.29, 1.82) is 0 Å². The summed E-state index contributed by atoms with van der Waals surface area (Å²) < 4.78 is 19.9. The van der Waals surface area contributed by atoms with Gasteiger partial charge in [0.05, 0.1) is 18.2 Å². The van der Waals surface area contributed by atoms with Crippen LogP contribution in [0.25, 0.3) is 0 Å². The van der Waals surface area contributed by atoms with Crippen molar-refractivity contribution < 1.29 is 64.2 Å². The smallest absolute Gasteiger partial charge is 0.466 e. The van der Waals surface area contributed by atoms with E-state index in [1.807, 2.05) is 0 Å². The summed E-state index contributed by atoms with van der Waals surface area (Å²) in [4.78, 5) is 36.2. The van der Waals surface area contributed by atoms with Crippen LogP contribution in [-0.4, -0.2) is 118 Å². The number of hydrogen-bond acceptors (Lipinski definition) is 11. The maximum atomic E-state index is 10.8. The summed E-state index contributed by atoms with van der Waals surface area (Å²) in [6, 6.07) is -1.46. The van der Waals surface area contributed by atoms with E-state index < -0.39 is 80.7 Å². The highest BCUT2D eigenvalue weighted by Gasteiger charge is 2.50. The standard InChI is InChI=1S/C14H25N3O9.H3O4P/c1-3-5(17-12(16)13(23)24)2-4(15)14(25-3)26-11-9(21)7(19)6(18)8(20)10(11)22;1-5(2,3)4/h3-11,14,18-22H,2,15H2,1H3,(H2,16,17)(H,23,24);(H3,1,2,3,4)/t3-,4+,5+,6?,7+,8+,9-,10+,11?,14-;/m1./s1. The molecule has 2 rings (SSSR count). The zero-order valence-electron chi connectivity index (χ0n) is 16.2. The lowest BCUT2D eigenvalue weighted by Gasteiger charge is -2.45. The maximum absolute atomic E-state index is 10.8. The largest absolute Gasteiger partial charge is 0.475 e. The summed E-state index contributed by atoms with van der Waals surface area (Å²) in [5.41, 5.74) is 11.2. The van der Waals surface area contributed by atoms with Crippen molar-refractivity contribution in [2.45, 2.75) is 74.4 Å².